The summed E-state index contributed by atoms with van der Waals surface area (Å²) < 4.78 is 0. The van der Waals surface area contributed by atoms with Crippen molar-refractivity contribution < 1.29 is 9.59 Å². The molecule has 0 saturated heterocycles. The van der Waals surface area contributed by atoms with Crippen LogP contribution in [0.1, 0.15) is 34.8 Å². The number of hydrogen-bond acceptors (Lipinski definition) is 7. The Morgan fingerprint density at radius 2 is 1.81 bits per heavy atom. The fraction of sp³-hybridized carbons (Fsp3) is 0.182. The predicted molar refractivity (Wildman–Crippen MR) is 128 cm³/mol. The zero-order valence-corrected chi connectivity index (χ0v) is 19.4. The summed E-state index contributed by atoms with van der Waals surface area (Å²) in [6.45, 7) is 4.12. The minimum absolute atomic E-state index is 0.0585. The number of amides is 2. The largest absolute Gasteiger partial charge is 0.351 e. The van der Waals surface area contributed by atoms with Crippen LogP contribution in [0.3, 0.4) is 0 Å². The van der Waals surface area contributed by atoms with Gasteiger partial charge in [0.1, 0.15) is 10.7 Å². The van der Waals surface area contributed by atoms with Crippen LogP contribution in [-0.2, 0) is 17.8 Å². The van der Waals surface area contributed by atoms with Crippen molar-refractivity contribution in [3.05, 3.63) is 63.3 Å². The van der Waals surface area contributed by atoms with Gasteiger partial charge in [-0.3, -0.25) is 14.9 Å². The molecule has 6 nitrogen and oxygen atoms in total. The topological polar surface area (TPSA) is 84.0 Å². The molecule has 3 aromatic heterocycles. The molecule has 2 N–H and O–H groups in total. The Kier molecular flexibility index (Phi) is 6.55. The first-order valence-corrected chi connectivity index (χ1v) is 12.2. The Morgan fingerprint density at radius 1 is 1.00 bits per heavy atom. The number of nitrogens with one attached hydrogen (secondary N) is 2. The highest BCUT2D eigenvalue weighted by Crippen LogP contribution is 2.31. The van der Waals surface area contributed by atoms with Gasteiger partial charge in [-0.1, -0.05) is 31.2 Å². The number of benzene rings is 1. The number of anilines is 1. The average molecular weight is 469 g/mol. The van der Waals surface area contributed by atoms with Crippen molar-refractivity contribution >= 4 is 51.0 Å². The summed E-state index contributed by atoms with van der Waals surface area (Å²) in [6, 6.07) is 12.2. The van der Waals surface area contributed by atoms with Crippen LogP contribution in [0.15, 0.2) is 47.2 Å². The summed E-state index contributed by atoms with van der Waals surface area (Å²) in [4.78, 5) is 34.7. The lowest BCUT2D eigenvalue weighted by Crippen LogP contribution is -2.17. The molecule has 0 spiro atoms. The summed E-state index contributed by atoms with van der Waals surface area (Å²) in [6.07, 6.45) is 0.990. The third kappa shape index (κ3) is 5.25. The van der Waals surface area contributed by atoms with E-state index in [0.717, 1.165) is 32.4 Å². The molecule has 0 aliphatic heterocycles. The van der Waals surface area contributed by atoms with Gasteiger partial charge in [-0.15, -0.1) is 34.0 Å². The van der Waals surface area contributed by atoms with Gasteiger partial charge in [0.05, 0.1) is 17.1 Å². The molecule has 158 valence electrons. The minimum atomic E-state index is -0.272. The zero-order valence-electron chi connectivity index (χ0n) is 17.0. The molecule has 0 fully saturated rings. The fourth-order valence-corrected chi connectivity index (χ4v) is 5.32. The van der Waals surface area contributed by atoms with Gasteiger partial charge in [0.25, 0.3) is 5.91 Å². The highest BCUT2D eigenvalue weighted by Gasteiger charge is 2.15. The van der Waals surface area contributed by atoms with Gasteiger partial charge in [0.15, 0.2) is 5.13 Å². The lowest BCUT2D eigenvalue weighted by atomic mass is 10.1. The molecule has 0 bridgehead atoms. The normalized spacial score (nSPS) is 10.8. The molecular weight excluding hydrogens is 448 g/mol. The smallest absolute Gasteiger partial charge is 0.276 e. The van der Waals surface area contributed by atoms with E-state index >= 15 is 0 Å². The van der Waals surface area contributed by atoms with E-state index in [1.807, 2.05) is 29.6 Å². The summed E-state index contributed by atoms with van der Waals surface area (Å²) in [7, 11) is 0. The highest BCUT2D eigenvalue weighted by molar-refractivity contribution is 7.17. The van der Waals surface area contributed by atoms with Gasteiger partial charge in [0, 0.05) is 28.1 Å². The lowest BCUT2D eigenvalue weighted by Gasteiger charge is -1.99. The summed E-state index contributed by atoms with van der Waals surface area (Å²) in [5.74, 6) is -0.331. The molecule has 3 heterocycles. The maximum Gasteiger partial charge on any atom is 0.276 e. The van der Waals surface area contributed by atoms with E-state index < -0.39 is 0 Å². The SMILES string of the molecule is CCc1ccc(-c2nc(C(=O)Nc3nc(-c4ccc(CNC(C)=O)s4)cs3)cs2)cc1. The third-order valence-electron chi connectivity index (χ3n) is 4.50. The van der Waals surface area contributed by atoms with Crippen LogP contribution in [0.2, 0.25) is 0 Å². The van der Waals surface area contributed by atoms with E-state index in [9.17, 15) is 9.59 Å². The van der Waals surface area contributed by atoms with Crippen LogP contribution >= 0.6 is 34.0 Å². The Balaban J connectivity index is 1.41. The first-order chi connectivity index (χ1) is 15.0. The van der Waals surface area contributed by atoms with Crippen molar-refractivity contribution in [2.75, 3.05) is 5.32 Å². The van der Waals surface area contributed by atoms with Gasteiger partial charge in [-0.25, -0.2) is 9.97 Å². The lowest BCUT2D eigenvalue weighted by molar-refractivity contribution is -0.119. The van der Waals surface area contributed by atoms with E-state index in [4.69, 9.17) is 0 Å². The molecule has 0 aliphatic rings. The summed E-state index contributed by atoms with van der Waals surface area (Å²) in [5.41, 5.74) is 3.45. The fourth-order valence-electron chi connectivity index (χ4n) is 2.82. The van der Waals surface area contributed by atoms with Crippen molar-refractivity contribution in [3.63, 3.8) is 0 Å². The molecule has 9 heteroatoms. The summed E-state index contributed by atoms with van der Waals surface area (Å²) >= 11 is 4.39. The second-order valence-corrected chi connectivity index (χ2v) is 9.64. The van der Waals surface area contributed by atoms with Crippen LogP contribution in [0, 0.1) is 0 Å². The molecule has 0 unspecified atom stereocenters. The maximum absolute atomic E-state index is 12.6. The van der Waals surface area contributed by atoms with Gasteiger partial charge in [-0.2, -0.15) is 0 Å². The number of hydrogen-bond donors (Lipinski definition) is 2. The molecule has 4 aromatic rings. The van der Waals surface area contributed by atoms with Gasteiger partial charge in [-0.05, 0) is 24.1 Å². The predicted octanol–water partition coefficient (Wildman–Crippen LogP) is 5.45. The molecule has 4 rings (SSSR count). The van der Waals surface area contributed by atoms with Crippen molar-refractivity contribution in [2.45, 2.75) is 26.8 Å². The van der Waals surface area contributed by atoms with Crippen molar-refractivity contribution in [1.29, 1.82) is 0 Å². The van der Waals surface area contributed by atoms with E-state index in [1.54, 1.807) is 16.7 Å². The Bertz CT molecular complexity index is 1210. The number of carbonyl (C=O) groups is 2. The van der Waals surface area contributed by atoms with E-state index in [0.29, 0.717) is 17.4 Å². The Labute approximate surface area is 192 Å². The van der Waals surface area contributed by atoms with Crippen molar-refractivity contribution in [3.8, 4) is 21.1 Å². The third-order valence-corrected chi connectivity index (χ3v) is 7.25. The Morgan fingerprint density at radius 3 is 2.55 bits per heavy atom. The van der Waals surface area contributed by atoms with E-state index in [-0.39, 0.29) is 11.8 Å². The summed E-state index contributed by atoms with van der Waals surface area (Å²) in [5, 5.41) is 10.6. The van der Waals surface area contributed by atoms with Gasteiger partial charge >= 0.3 is 0 Å². The second-order valence-electron chi connectivity index (χ2n) is 6.76. The van der Waals surface area contributed by atoms with Crippen LogP contribution in [-0.4, -0.2) is 21.8 Å². The van der Waals surface area contributed by atoms with Crippen LogP contribution in [0.25, 0.3) is 21.1 Å². The molecule has 0 saturated carbocycles. The number of carbonyl (C=O) groups excluding carboxylic acids is 2. The molecule has 31 heavy (non-hydrogen) atoms. The number of aromatic nitrogens is 2. The monoisotopic (exact) mass is 468 g/mol. The number of aryl methyl sites for hydroxylation is 1. The number of nitrogens with zero attached hydrogens (tertiary/aromatic N) is 2. The van der Waals surface area contributed by atoms with Crippen molar-refractivity contribution in [2.24, 2.45) is 0 Å². The Hall–Kier alpha value is -2.88. The number of thiophene rings is 1. The minimum Gasteiger partial charge on any atom is -0.351 e. The molecule has 0 aliphatic carbocycles. The molecule has 2 amide bonds. The van der Waals surface area contributed by atoms with Crippen LogP contribution in [0.4, 0.5) is 5.13 Å². The van der Waals surface area contributed by atoms with Gasteiger partial charge in [0.2, 0.25) is 5.91 Å². The zero-order chi connectivity index (χ0) is 21.8. The quantitative estimate of drug-likeness (QED) is 0.378. The van der Waals surface area contributed by atoms with E-state index in [1.165, 1.54) is 35.2 Å². The standard InChI is InChI=1S/C22H20N4O2S3/c1-3-14-4-6-15(7-5-14)21-24-18(12-29-21)20(28)26-22-25-17(11-30-22)19-9-8-16(31-19)10-23-13(2)27/h4-9,11-12H,3,10H2,1-2H3,(H,23,27)(H,25,26,28). The first kappa shape index (κ1) is 21.4. The highest BCUT2D eigenvalue weighted by atomic mass is 32.1. The first-order valence-electron chi connectivity index (χ1n) is 9.67. The van der Waals surface area contributed by atoms with E-state index in [2.05, 4.69) is 39.7 Å². The molecular formula is C22H20N4O2S3. The molecule has 0 radical (unpaired) electrons. The molecule has 0 atom stereocenters. The van der Waals surface area contributed by atoms with Crippen molar-refractivity contribution in [1.82, 2.24) is 15.3 Å². The number of rotatable bonds is 7. The van der Waals surface area contributed by atoms with Gasteiger partial charge < -0.3 is 5.32 Å². The van der Waals surface area contributed by atoms with Crippen LogP contribution < -0.4 is 10.6 Å². The average Bonchev–Trinajstić information content (AvgIpc) is 3.52. The number of thiazole rings is 2. The maximum atomic E-state index is 12.6. The van der Waals surface area contributed by atoms with Crippen LogP contribution in [0.5, 0.6) is 0 Å². The molecule has 1 aromatic carbocycles. The second kappa shape index (κ2) is 9.51.